The predicted octanol–water partition coefficient (Wildman–Crippen LogP) is 1.04. The molecule has 4 N–H and O–H groups in total. The van der Waals surface area contributed by atoms with Gasteiger partial charge in [-0.25, -0.2) is 0 Å². The van der Waals surface area contributed by atoms with Crippen molar-refractivity contribution in [2.45, 2.75) is 31.8 Å². The van der Waals surface area contributed by atoms with Crippen molar-refractivity contribution in [3.05, 3.63) is 23.8 Å². The van der Waals surface area contributed by atoms with Crippen LogP contribution in [-0.4, -0.2) is 42.5 Å². The van der Waals surface area contributed by atoms with Crippen LogP contribution in [0.5, 0.6) is 0 Å². The molecule has 0 radical (unpaired) electrons. The van der Waals surface area contributed by atoms with Gasteiger partial charge in [-0.15, -0.1) is 0 Å². The second-order valence-electron chi connectivity index (χ2n) is 5.93. The van der Waals surface area contributed by atoms with Gasteiger partial charge in [-0.2, -0.15) is 0 Å². The molecule has 2 fully saturated rings. The highest BCUT2D eigenvalue weighted by Crippen LogP contribution is 2.31. The zero-order valence-electron chi connectivity index (χ0n) is 11.9. The van der Waals surface area contributed by atoms with E-state index < -0.39 is 5.91 Å². The van der Waals surface area contributed by atoms with Gasteiger partial charge in [0.05, 0.1) is 5.56 Å². The van der Waals surface area contributed by atoms with Crippen molar-refractivity contribution < 1.29 is 4.79 Å². The van der Waals surface area contributed by atoms with E-state index in [4.69, 9.17) is 11.5 Å². The minimum atomic E-state index is -0.409. The number of nitrogens with zero attached hydrogens (tertiary/aromatic N) is 2. The fourth-order valence-electron chi connectivity index (χ4n) is 3.52. The lowest BCUT2D eigenvalue weighted by Crippen LogP contribution is -2.55. The first kappa shape index (κ1) is 13.2. The van der Waals surface area contributed by atoms with E-state index in [0.717, 1.165) is 18.8 Å². The van der Waals surface area contributed by atoms with Crippen LogP contribution in [-0.2, 0) is 0 Å². The summed E-state index contributed by atoms with van der Waals surface area (Å²) in [7, 11) is 0. The Balaban J connectivity index is 1.93. The van der Waals surface area contributed by atoms with E-state index in [1.165, 1.54) is 19.4 Å². The number of nitrogen functional groups attached to an aromatic ring is 1. The average Bonchev–Trinajstić information content (AvgIpc) is 2.85. The van der Waals surface area contributed by atoms with Gasteiger partial charge in [-0.1, -0.05) is 0 Å². The SMILES string of the molecule is CC1CN2CCCC2CN1c1ccc(N)cc1C(N)=O. The third kappa shape index (κ3) is 2.22. The van der Waals surface area contributed by atoms with E-state index in [2.05, 4.69) is 16.7 Å². The molecule has 0 spiro atoms. The normalized spacial score (nSPS) is 26.6. The van der Waals surface area contributed by atoms with Crippen LogP contribution in [0.15, 0.2) is 18.2 Å². The Bertz CT molecular complexity index is 531. The molecule has 2 aliphatic heterocycles. The van der Waals surface area contributed by atoms with Crippen LogP contribution in [0, 0.1) is 0 Å². The quantitative estimate of drug-likeness (QED) is 0.790. The maximum atomic E-state index is 11.7. The van der Waals surface area contributed by atoms with Crippen molar-refractivity contribution in [1.82, 2.24) is 4.90 Å². The van der Waals surface area contributed by atoms with Gasteiger partial charge in [-0.3, -0.25) is 9.69 Å². The number of hydrogen-bond acceptors (Lipinski definition) is 4. The average molecular weight is 274 g/mol. The van der Waals surface area contributed by atoms with Crippen molar-refractivity contribution >= 4 is 17.3 Å². The molecule has 20 heavy (non-hydrogen) atoms. The Morgan fingerprint density at radius 1 is 1.35 bits per heavy atom. The molecule has 1 aromatic carbocycles. The third-order valence-corrected chi connectivity index (χ3v) is 4.53. The molecule has 5 heteroatoms. The molecule has 3 rings (SSSR count). The maximum Gasteiger partial charge on any atom is 0.250 e. The summed E-state index contributed by atoms with van der Waals surface area (Å²) < 4.78 is 0. The van der Waals surface area contributed by atoms with Crippen LogP contribution in [0.25, 0.3) is 0 Å². The number of amides is 1. The molecule has 2 unspecified atom stereocenters. The number of carbonyl (C=O) groups is 1. The largest absolute Gasteiger partial charge is 0.399 e. The maximum absolute atomic E-state index is 11.7. The first-order valence-corrected chi connectivity index (χ1v) is 7.26. The van der Waals surface area contributed by atoms with Crippen molar-refractivity contribution in [3.8, 4) is 0 Å². The predicted molar refractivity (Wildman–Crippen MR) is 80.8 cm³/mol. The number of benzene rings is 1. The molecule has 2 saturated heterocycles. The van der Waals surface area contributed by atoms with Gasteiger partial charge in [0, 0.05) is 36.5 Å². The molecule has 0 aliphatic carbocycles. The minimum absolute atomic E-state index is 0.381. The van der Waals surface area contributed by atoms with E-state index in [1.54, 1.807) is 6.07 Å². The Hall–Kier alpha value is -1.75. The molecule has 2 atom stereocenters. The van der Waals surface area contributed by atoms with Gasteiger partial charge < -0.3 is 16.4 Å². The van der Waals surface area contributed by atoms with Crippen molar-refractivity contribution in [1.29, 1.82) is 0 Å². The summed E-state index contributed by atoms with van der Waals surface area (Å²) in [5.74, 6) is -0.409. The van der Waals surface area contributed by atoms with Crippen LogP contribution < -0.4 is 16.4 Å². The first-order chi connectivity index (χ1) is 9.56. The summed E-state index contributed by atoms with van der Waals surface area (Å²) in [4.78, 5) is 16.6. The first-order valence-electron chi connectivity index (χ1n) is 7.26. The zero-order valence-corrected chi connectivity index (χ0v) is 11.9. The van der Waals surface area contributed by atoms with E-state index in [9.17, 15) is 4.79 Å². The molecule has 0 saturated carbocycles. The summed E-state index contributed by atoms with van der Waals surface area (Å²) >= 11 is 0. The Kier molecular flexibility index (Phi) is 3.30. The summed E-state index contributed by atoms with van der Waals surface area (Å²) in [6.45, 7) is 5.42. The minimum Gasteiger partial charge on any atom is -0.399 e. The number of primary amides is 1. The highest BCUT2D eigenvalue weighted by atomic mass is 16.1. The van der Waals surface area contributed by atoms with E-state index in [-0.39, 0.29) is 0 Å². The molecule has 0 aromatic heterocycles. The lowest BCUT2D eigenvalue weighted by atomic mass is 10.0. The Morgan fingerprint density at radius 3 is 2.90 bits per heavy atom. The molecule has 2 heterocycles. The number of piperazine rings is 1. The third-order valence-electron chi connectivity index (χ3n) is 4.53. The number of hydrogen-bond donors (Lipinski definition) is 2. The number of fused-ring (bicyclic) bond motifs is 1. The zero-order chi connectivity index (χ0) is 14.3. The molecule has 1 aromatic rings. The second-order valence-corrected chi connectivity index (χ2v) is 5.93. The van der Waals surface area contributed by atoms with Gasteiger partial charge in [0.15, 0.2) is 0 Å². The fourth-order valence-corrected chi connectivity index (χ4v) is 3.52. The van der Waals surface area contributed by atoms with E-state index in [1.807, 2.05) is 12.1 Å². The van der Waals surface area contributed by atoms with Crippen LogP contribution in [0.1, 0.15) is 30.1 Å². The number of carbonyl (C=O) groups excluding carboxylic acids is 1. The van der Waals surface area contributed by atoms with Crippen molar-refractivity contribution in [2.75, 3.05) is 30.3 Å². The highest BCUT2D eigenvalue weighted by molar-refractivity contribution is 5.99. The molecule has 2 aliphatic rings. The van der Waals surface area contributed by atoms with Crippen molar-refractivity contribution in [2.24, 2.45) is 5.73 Å². The highest BCUT2D eigenvalue weighted by Gasteiger charge is 2.35. The monoisotopic (exact) mass is 274 g/mol. The van der Waals surface area contributed by atoms with Gasteiger partial charge in [0.1, 0.15) is 0 Å². The standard InChI is InChI=1S/C15H22N4O/c1-10-8-18-6-2-3-12(18)9-19(10)14-5-4-11(16)7-13(14)15(17)20/h4-5,7,10,12H,2-3,6,8-9,16H2,1H3,(H2,17,20). The van der Waals surface area contributed by atoms with Crippen LogP contribution >= 0.6 is 0 Å². The number of nitrogens with two attached hydrogens (primary N) is 2. The van der Waals surface area contributed by atoms with Crippen LogP contribution in [0.3, 0.4) is 0 Å². The lowest BCUT2D eigenvalue weighted by molar-refractivity contribution is 0.1000. The topological polar surface area (TPSA) is 75.6 Å². The van der Waals surface area contributed by atoms with Crippen molar-refractivity contribution in [3.63, 3.8) is 0 Å². The summed E-state index contributed by atoms with van der Waals surface area (Å²) in [6.07, 6.45) is 2.51. The summed E-state index contributed by atoms with van der Waals surface area (Å²) in [5, 5.41) is 0. The van der Waals surface area contributed by atoms with Crippen LogP contribution in [0.2, 0.25) is 0 Å². The smallest absolute Gasteiger partial charge is 0.250 e. The van der Waals surface area contributed by atoms with Gasteiger partial charge >= 0.3 is 0 Å². The number of rotatable bonds is 2. The Morgan fingerprint density at radius 2 is 2.15 bits per heavy atom. The van der Waals surface area contributed by atoms with E-state index >= 15 is 0 Å². The molecule has 108 valence electrons. The Labute approximate surface area is 119 Å². The molecule has 5 nitrogen and oxygen atoms in total. The molecule has 0 bridgehead atoms. The van der Waals surface area contributed by atoms with Crippen LogP contribution in [0.4, 0.5) is 11.4 Å². The lowest BCUT2D eigenvalue weighted by Gasteiger charge is -2.44. The molecular formula is C15H22N4O. The molecule has 1 amide bonds. The van der Waals surface area contributed by atoms with Gasteiger partial charge in [0.2, 0.25) is 0 Å². The van der Waals surface area contributed by atoms with Gasteiger partial charge in [-0.05, 0) is 44.5 Å². The van der Waals surface area contributed by atoms with Gasteiger partial charge in [0.25, 0.3) is 5.91 Å². The fraction of sp³-hybridized carbons (Fsp3) is 0.533. The van der Waals surface area contributed by atoms with E-state index in [0.29, 0.717) is 23.3 Å². The number of anilines is 2. The molecular weight excluding hydrogens is 252 g/mol. The summed E-state index contributed by atoms with van der Waals surface area (Å²) in [6, 6.07) is 6.44. The summed E-state index contributed by atoms with van der Waals surface area (Å²) in [5.41, 5.74) is 13.3. The second kappa shape index (κ2) is 4.98.